The van der Waals surface area contributed by atoms with Gasteiger partial charge >= 0.3 is 0 Å². The first-order chi connectivity index (χ1) is 18.4. The van der Waals surface area contributed by atoms with Gasteiger partial charge in [-0.25, -0.2) is 4.98 Å². The van der Waals surface area contributed by atoms with Crippen LogP contribution in [0.2, 0.25) is 5.02 Å². The number of ether oxygens (including phenoxy) is 1. The lowest BCUT2D eigenvalue weighted by molar-refractivity contribution is -0.123. The Morgan fingerprint density at radius 3 is 2.76 bits per heavy atom. The van der Waals surface area contributed by atoms with E-state index in [-0.39, 0.29) is 36.5 Å². The highest BCUT2D eigenvalue weighted by Gasteiger charge is 2.34. The largest absolute Gasteiger partial charge is 0.483 e. The number of amides is 2. The van der Waals surface area contributed by atoms with Gasteiger partial charge in [0.05, 0.1) is 23.4 Å². The molecule has 3 aromatic rings. The van der Waals surface area contributed by atoms with E-state index in [0.29, 0.717) is 54.5 Å². The number of aromatic nitrogens is 3. The van der Waals surface area contributed by atoms with Crippen LogP contribution in [0.4, 0.5) is 5.82 Å². The minimum absolute atomic E-state index is 0.195. The molecule has 1 aliphatic carbocycles. The second-order valence-corrected chi connectivity index (χ2v) is 10.8. The number of likely N-dealkylation sites (N-methyl/N-ethyl adjacent to an activating group) is 1. The molecule has 0 spiro atoms. The Hall–Kier alpha value is -3.37. The first-order valence-electron chi connectivity index (χ1n) is 13.2. The van der Waals surface area contributed by atoms with E-state index in [0.717, 1.165) is 36.5 Å². The third-order valence-electron chi connectivity index (χ3n) is 7.77. The third kappa shape index (κ3) is 4.67. The molecule has 2 amide bonds. The summed E-state index contributed by atoms with van der Waals surface area (Å²) >= 11 is 6.27. The number of carbonyl (C=O) groups excluding carboxylic acids is 2. The molecule has 38 heavy (non-hydrogen) atoms. The lowest BCUT2D eigenvalue weighted by Crippen LogP contribution is -2.39. The van der Waals surface area contributed by atoms with Crippen molar-refractivity contribution >= 4 is 34.9 Å². The van der Waals surface area contributed by atoms with Crippen LogP contribution < -0.4 is 15.0 Å². The van der Waals surface area contributed by atoms with Gasteiger partial charge < -0.3 is 25.0 Å². The van der Waals surface area contributed by atoms with Crippen LogP contribution in [-0.2, 0) is 4.79 Å². The maximum absolute atomic E-state index is 13.9. The highest BCUT2D eigenvalue weighted by atomic mass is 35.5. The molecular formula is C27H31ClN6O4. The lowest BCUT2D eigenvalue weighted by atomic mass is 9.80. The van der Waals surface area contributed by atoms with Gasteiger partial charge in [-0.3, -0.25) is 9.59 Å². The molecule has 1 saturated heterocycles. The summed E-state index contributed by atoms with van der Waals surface area (Å²) in [5.41, 5.74) is 2.75. The van der Waals surface area contributed by atoms with E-state index >= 15 is 0 Å². The number of aliphatic hydroxyl groups excluding tert-OH is 1. The number of rotatable bonds is 1. The average Bonchev–Trinajstić information content (AvgIpc) is 3.33. The van der Waals surface area contributed by atoms with Gasteiger partial charge in [0.2, 0.25) is 0 Å². The van der Waals surface area contributed by atoms with Crippen LogP contribution in [0.1, 0.15) is 65.8 Å². The van der Waals surface area contributed by atoms with Crippen molar-refractivity contribution in [3.63, 3.8) is 0 Å². The number of nitrogens with zero attached hydrogens (tertiary/aromatic N) is 5. The second-order valence-electron chi connectivity index (χ2n) is 10.4. The number of hydrogen-bond donors (Lipinski definition) is 2. The van der Waals surface area contributed by atoms with Crippen molar-refractivity contribution in [3.8, 4) is 5.75 Å². The predicted molar refractivity (Wildman–Crippen MR) is 142 cm³/mol. The normalized spacial score (nSPS) is 24.4. The van der Waals surface area contributed by atoms with Gasteiger partial charge in [0.25, 0.3) is 11.8 Å². The Balaban J connectivity index is 1.46. The van der Waals surface area contributed by atoms with Crippen molar-refractivity contribution in [2.45, 2.75) is 50.2 Å². The first-order valence-corrected chi connectivity index (χ1v) is 13.5. The maximum Gasteiger partial charge on any atom is 0.258 e. The first kappa shape index (κ1) is 24.9. The molecule has 2 fully saturated rings. The zero-order valence-corrected chi connectivity index (χ0v) is 22.0. The molecule has 11 heteroatoms. The van der Waals surface area contributed by atoms with Crippen LogP contribution >= 0.6 is 11.6 Å². The zero-order valence-electron chi connectivity index (χ0n) is 21.3. The van der Waals surface area contributed by atoms with Crippen LogP contribution in [0.25, 0.3) is 5.65 Å². The van der Waals surface area contributed by atoms with Crippen molar-refractivity contribution in [1.29, 1.82) is 0 Å². The van der Waals surface area contributed by atoms with Gasteiger partial charge in [-0.05, 0) is 50.3 Å². The second kappa shape index (κ2) is 10.1. The number of anilines is 1. The number of nitrogens with one attached hydrogen (secondary N) is 1. The minimum atomic E-state index is -0.287. The summed E-state index contributed by atoms with van der Waals surface area (Å²) in [6.07, 6.45) is 3.74. The smallest absolute Gasteiger partial charge is 0.258 e. The highest BCUT2D eigenvalue weighted by molar-refractivity contribution is 6.31. The molecule has 200 valence electrons. The van der Waals surface area contributed by atoms with Crippen LogP contribution in [0.3, 0.4) is 0 Å². The number of aliphatic hydroxyl groups is 1. The molecule has 4 heterocycles. The maximum atomic E-state index is 13.9. The summed E-state index contributed by atoms with van der Waals surface area (Å²) in [5.74, 6) is 0.891. The fourth-order valence-corrected chi connectivity index (χ4v) is 5.74. The Kier molecular flexibility index (Phi) is 6.61. The van der Waals surface area contributed by atoms with Crippen molar-refractivity contribution < 1.29 is 19.4 Å². The number of piperidine rings is 1. The van der Waals surface area contributed by atoms with Gasteiger partial charge in [0.15, 0.2) is 12.3 Å². The number of hydrogen-bond acceptors (Lipinski definition) is 7. The molecule has 0 unspecified atom stereocenters. The van der Waals surface area contributed by atoms with Gasteiger partial charge in [-0.15, -0.1) is 0 Å². The molecule has 0 radical (unpaired) electrons. The standard InChI is InChI=1S/C27H31ClN6O4/c1-32-9-7-29-25(36)15-38-23-6-5-17(28)12-19(23)27(37)33-8-3-2-4-22(33)21-13-24-30-20(16-10-18(35)11-16)14-26(32)34(24)31-21/h5-6,12-14,16,18,22,35H,2-4,7-11,15H2,1H3,(H,29,36)/t16?,18?,22-/m0/s1. The molecule has 1 saturated carbocycles. The monoisotopic (exact) mass is 538 g/mol. The van der Waals surface area contributed by atoms with Gasteiger partial charge in [0, 0.05) is 55.4 Å². The van der Waals surface area contributed by atoms with Gasteiger partial charge in [0.1, 0.15) is 11.6 Å². The van der Waals surface area contributed by atoms with Crippen LogP contribution in [0.5, 0.6) is 5.75 Å². The molecule has 1 aromatic carbocycles. The lowest BCUT2D eigenvalue weighted by Gasteiger charge is -2.35. The summed E-state index contributed by atoms with van der Waals surface area (Å²) < 4.78 is 7.63. The molecule has 3 aliphatic rings. The Labute approximate surface area is 225 Å². The molecule has 6 rings (SSSR count). The molecule has 2 aromatic heterocycles. The van der Waals surface area contributed by atoms with Crippen LogP contribution in [-0.4, -0.2) is 75.8 Å². The summed E-state index contributed by atoms with van der Waals surface area (Å²) in [4.78, 5) is 35.2. The Bertz CT molecular complexity index is 1390. The van der Waals surface area contributed by atoms with Crippen LogP contribution in [0.15, 0.2) is 30.3 Å². The molecule has 1 atom stereocenters. The molecular weight excluding hydrogens is 508 g/mol. The van der Waals surface area contributed by atoms with E-state index < -0.39 is 0 Å². The quantitative estimate of drug-likeness (QED) is 0.490. The average molecular weight is 539 g/mol. The summed E-state index contributed by atoms with van der Waals surface area (Å²) in [6, 6.07) is 8.66. The van der Waals surface area contributed by atoms with Crippen molar-refractivity contribution in [3.05, 3.63) is 52.3 Å². The molecule has 2 N–H and O–H groups in total. The van der Waals surface area contributed by atoms with Crippen molar-refractivity contribution in [2.75, 3.05) is 38.2 Å². The van der Waals surface area contributed by atoms with E-state index in [1.54, 1.807) is 18.2 Å². The van der Waals surface area contributed by atoms with Gasteiger partial charge in [-0.1, -0.05) is 11.6 Å². The van der Waals surface area contributed by atoms with E-state index in [2.05, 4.69) is 5.32 Å². The van der Waals surface area contributed by atoms with Crippen molar-refractivity contribution in [2.24, 2.45) is 0 Å². The zero-order chi connectivity index (χ0) is 26.4. The fourth-order valence-electron chi connectivity index (χ4n) is 5.57. The van der Waals surface area contributed by atoms with E-state index in [1.165, 1.54) is 0 Å². The topological polar surface area (TPSA) is 112 Å². The predicted octanol–water partition coefficient (Wildman–Crippen LogP) is 2.93. The van der Waals surface area contributed by atoms with Gasteiger partial charge in [-0.2, -0.15) is 9.61 Å². The minimum Gasteiger partial charge on any atom is -0.483 e. The van der Waals surface area contributed by atoms with E-state index in [1.807, 2.05) is 33.5 Å². The Morgan fingerprint density at radius 2 is 1.95 bits per heavy atom. The molecule has 2 bridgehead atoms. The third-order valence-corrected chi connectivity index (χ3v) is 8.01. The Morgan fingerprint density at radius 1 is 1.11 bits per heavy atom. The highest BCUT2D eigenvalue weighted by Crippen LogP contribution is 2.39. The van der Waals surface area contributed by atoms with E-state index in [9.17, 15) is 14.7 Å². The van der Waals surface area contributed by atoms with Crippen molar-refractivity contribution in [1.82, 2.24) is 24.8 Å². The molecule has 10 nitrogen and oxygen atoms in total. The summed E-state index contributed by atoms with van der Waals surface area (Å²) in [6.45, 7) is 1.32. The SMILES string of the molecule is CN1CCNC(=O)COc2ccc(Cl)cc2C(=O)N2CCCC[C@H]2c2cc3nc(C4CC(O)C4)cc1n3n2. The van der Waals surface area contributed by atoms with Crippen LogP contribution in [0, 0.1) is 0 Å². The number of carbonyl (C=O) groups is 2. The number of benzene rings is 1. The summed E-state index contributed by atoms with van der Waals surface area (Å²) in [5, 5.41) is 18.2. The number of fused-ring (bicyclic) bond motifs is 4. The number of halogens is 1. The summed E-state index contributed by atoms with van der Waals surface area (Å²) in [7, 11) is 1.96. The van der Waals surface area contributed by atoms with E-state index in [4.69, 9.17) is 26.4 Å². The fraction of sp³-hybridized carbons (Fsp3) is 0.481. The molecule has 2 aliphatic heterocycles.